The number of aliphatic carboxylic acids is 1. The van der Waals surface area contributed by atoms with Gasteiger partial charge in [0.1, 0.15) is 5.54 Å². The number of carboxylic acid groups (broad SMARTS) is 1. The largest absolute Gasteiger partial charge is 0.480 e. The van der Waals surface area contributed by atoms with E-state index in [1.165, 1.54) is 4.90 Å². The van der Waals surface area contributed by atoms with Crippen molar-refractivity contribution in [1.82, 2.24) is 15.2 Å². The fourth-order valence-electron chi connectivity index (χ4n) is 5.67. The number of carbonyl (C=O) groups excluding carboxylic acids is 2. The number of aromatic nitrogens is 1. The molecule has 2 amide bonds. The van der Waals surface area contributed by atoms with Crippen molar-refractivity contribution < 1.29 is 19.5 Å². The van der Waals surface area contributed by atoms with Crippen LogP contribution < -0.4 is 5.32 Å². The molecule has 3 aromatic rings. The van der Waals surface area contributed by atoms with Crippen LogP contribution in [0.15, 0.2) is 66.9 Å². The maximum absolute atomic E-state index is 13.7. The van der Waals surface area contributed by atoms with Crippen LogP contribution in [-0.4, -0.2) is 49.9 Å². The smallest absolute Gasteiger partial charge is 0.325 e. The minimum atomic E-state index is -1.63. The van der Waals surface area contributed by atoms with E-state index in [0.29, 0.717) is 0 Å². The van der Waals surface area contributed by atoms with Crippen molar-refractivity contribution in [3.8, 4) is 0 Å². The molecule has 180 valence electrons. The molecular weight excluding hydrogens is 442 g/mol. The molecule has 2 saturated heterocycles. The van der Waals surface area contributed by atoms with Gasteiger partial charge in [0.2, 0.25) is 11.8 Å². The van der Waals surface area contributed by atoms with Crippen molar-refractivity contribution >= 4 is 34.8 Å². The quantitative estimate of drug-likeness (QED) is 0.494. The molecule has 4 atom stereocenters. The van der Waals surface area contributed by atoms with E-state index in [0.717, 1.165) is 22.0 Å². The highest BCUT2D eigenvalue weighted by Gasteiger charge is 2.68. The number of nitrogens with one attached hydrogen (secondary N) is 2. The normalized spacial score (nSPS) is 26.7. The van der Waals surface area contributed by atoms with Crippen LogP contribution in [-0.2, 0) is 20.8 Å². The van der Waals surface area contributed by atoms with E-state index in [2.05, 4.69) is 10.3 Å². The van der Waals surface area contributed by atoms with Gasteiger partial charge in [-0.2, -0.15) is 0 Å². The van der Waals surface area contributed by atoms with Gasteiger partial charge in [0.25, 0.3) is 0 Å². The van der Waals surface area contributed by atoms with E-state index in [1.807, 2.05) is 66.7 Å². The van der Waals surface area contributed by atoms with Crippen LogP contribution in [0, 0.1) is 11.8 Å². The van der Waals surface area contributed by atoms with Crippen molar-refractivity contribution in [1.29, 1.82) is 0 Å². The van der Waals surface area contributed by atoms with Gasteiger partial charge in [0.05, 0.1) is 11.8 Å². The molecule has 35 heavy (non-hydrogen) atoms. The summed E-state index contributed by atoms with van der Waals surface area (Å²) in [6, 6.07) is 16.7. The molecule has 3 heterocycles. The van der Waals surface area contributed by atoms with Crippen LogP contribution in [0.5, 0.6) is 0 Å². The summed E-state index contributed by atoms with van der Waals surface area (Å²) >= 11 is 0. The molecule has 2 aliphatic rings. The van der Waals surface area contributed by atoms with Crippen LogP contribution in [0.3, 0.4) is 0 Å². The van der Waals surface area contributed by atoms with Crippen LogP contribution in [0.25, 0.3) is 17.0 Å². The average Bonchev–Trinajstić information content (AvgIpc) is 3.45. The van der Waals surface area contributed by atoms with Crippen molar-refractivity contribution in [2.75, 3.05) is 0 Å². The number of hydrogen-bond donors (Lipinski definition) is 3. The number of hydrogen-bond acceptors (Lipinski definition) is 4. The Balaban J connectivity index is 1.62. The third kappa shape index (κ3) is 3.67. The molecule has 2 fully saturated rings. The fourth-order valence-corrected chi connectivity index (χ4v) is 5.67. The summed E-state index contributed by atoms with van der Waals surface area (Å²) in [5.74, 6) is -3.72. The topological polar surface area (TPSA) is 102 Å². The molecule has 1 aromatic heterocycles. The van der Waals surface area contributed by atoms with Gasteiger partial charge in [-0.1, -0.05) is 60.7 Å². The van der Waals surface area contributed by atoms with Gasteiger partial charge in [0.15, 0.2) is 0 Å². The standard InChI is InChI=1S/C28H29N3O4/c1-27(2,3)31-24(32)22-21(14-13-17-9-5-4-6-10-17)30-28(26(34)35,23(22)25(31)33)15-18-16-29-20-12-8-7-11-19(18)20/h4-14,16,21-23,29-30H,15H2,1-3H3,(H,34,35). The first kappa shape index (κ1) is 23.1. The molecule has 0 bridgehead atoms. The molecule has 2 aliphatic heterocycles. The monoisotopic (exact) mass is 471 g/mol. The Labute approximate surface area is 203 Å². The Bertz CT molecular complexity index is 1340. The highest BCUT2D eigenvalue weighted by molar-refractivity contribution is 6.10. The number of imide groups is 1. The first-order valence-electron chi connectivity index (χ1n) is 11.8. The Kier molecular flexibility index (Phi) is 5.40. The van der Waals surface area contributed by atoms with Crippen molar-refractivity contribution in [2.24, 2.45) is 11.8 Å². The van der Waals surface area contributed by atoms with E-state index in [9.17, 15) is 19.5 Å². The number of benzene rings is 2. The minimum Gasteiger partial charge on any atom is -0.480 e. The zero-order valence-corrected chi connectivity index (χ0v) is 20.0. The number of carbonyl (C=O) groups is 3. The lowest BCUT2D eigenvalue weighted by molar-refractivity contribution is -0.153. The highest BCUT2D eigenvalue weighted by atomic mass is 16.4. The van der Waals surface area contributed by atoms with Gasteiger partial charge >= 0.3 is 5.97 Å². The second-order valence-corrected chi connectivity index (χ2v) is 10.4. The summed E-state index contributed by atoms with van der Waals surface area (Å²) in [7, 11) is 0. The first-order chi connectivity index (χ1) is 16.6. The molecule has 5 rings (SSSR count). The Hall–Kier alpha value is -3.71. The van der Waals surface area contributed by atoms with Crippen LogP contribution in [0.2, 0.25) is 0 Å². The molecule has 2 aromatic carbocycles. The van der Waals surface area contributed by atoms with Gasteiger partial charge in [-0.3, -0.25) is 24.6 Å². The van der Waals surface area contributed by atoms with E-state index in [-0.39, 0.29) is 12.3 Å². The summed E-state index contributed by atoms with van der Waals surface area (Å²) in [5.41, 5.74) is 0.227. The predicted octanol–water partition coefficient (Wildman–Crippen LogP) is 3.62. The average molecular weight is 472 g/mol. The van der Waals surface area contributed by atoms with Crippen molar-refractivity contribution in [3.63, 3.8) is 0 Å². The number of amides is 2. The molecule has 0 saturated carbocycles. The van der Waals surface area contributed by atoms with Crippen molar-refractivity contribution in [3.05, 3.63) is 78.0 Å². The summed E-state index contributed by atoms with van der Waals surface area (Å²) in [4.78, 5) is 44.8. The first-order valence-corrected chi connectivity index (χ1v) is 11.8. The number of para-hydroxylation sites is 1. The lowest BCUT2D eigenvalue weighted by Gasteiger charge is -2.35. The predicted molar refractivity (Wildman–Crippen MR) is 133 cm³/mol. The van der Waals surface area contributed by atoms with E-state index in [4.69, 9.17) is 0 Å². The van der Waals surface area contributed by atoms with Crippen LogP contribution >= 0.6 is 0 Å². The number of H-pyrrole nitrogens is 1. The number of fused-ring (bicyclic) bond motifs is 2. The maximum Gasteiger partial charge on any atom is 0.325 e. The lowest BCUT2D eigenvalue weighted by atomic mass is 9.76. The second kappa shape index (κ2) is 8.20. The molecule has 4 unspecified atom stereocenters. The molecule has 0 spiro atoms. The third-order valence-electron chi connectivity index (χ3n) is 7.19. The van der Waals surface area contributed by atoms with Crippen molar-refractivity contribution in [2.45, 2.75) is 44.3 Å². The molecule has 0 radical (unpaired) electrons. The van der Waals surface area contributed by atoms with Crippen LogP contribution in [0.1, 0.15) is 31.9 Å². The Morgan fingerprint density at radius 2 is 1.74 bits per heavy atom. The van der Waals surface area contributed by atoms with Gasteiger partial charge < -0.3 is 10.1 Å². The Morgan fingerprint density at radius 1 is 1.06 bits per heavy atom. The number of carboxylic acids is 1. The second-order valence-electron chi connectivity index (χ2n) is 10.4. The summed E-state index contributed by atoms with van der Waals surface area (Å²) in [5, 5.41) is 14.7. The van der Waals surface area contributed by atoms with Gasteiger partial charge in [-0.05, 0) is 38.0 Å². The molecule has 0 aliphatic carbocycles. The number of aromatic amines is 1. The lowest BCUT2D eigenvalue weighted by Crippen LogP contribution is -2.59. The van der Waals surface area contributed by atoms with Crippen LogP contribution in [0.4, 0.5) is 0 Å². The third-order valence-corrected chi connectivity index (χ3v) is 7.19. The maximum atomic E-state index is 13.7. The Morgan fingerprint density at radius 3 is 2.43 bits per heavy atom. The van der Waals surface area contributed by atoms with E-state index < -0.39 is 40.8 Å². The van der Waals surface area contributed by atoms with Gasteiger partial charge in [0, 0.05) is 35.1 Å². The molecule has 7 nitrogen and oxygen atoms in total. The molecule has 7 heteroatoms. The number of likely N-dealkylation sites (tertiary alicyclic amines) is 1. The zero-order valence-electron chi connectivity index (χ0n) is 20.0. The molecular formula is C28H29N3O4. The van der Waals surface area contributed by atoms with E-state index >= 15 is 0 Å². The number of nitrogens with zero attached hydrogens (tertiary/aromatic N) is 1. The SMILES string of the molecule is CC(C)(C)N1C(=O)C2C(C=Cc3ccccc3)NC(Cc3c[nH]c4ccccc34)(C(=O)O)C2C1=O. The summed E-state index contributed by atoms with van der Waals surface area (Å²) < 4.78 is 0. The van der Waals surface area contributed by atoms with Gasteiger partial charge in [-0.15, -0.1) is 0 Å². The number of rotatable bonds is 5. The minimum absolute atomic E-state index is 0.0696. The molecule has 3 N–H and O–H groups in total. The van der Waals surface area contributed by atoms with Gasteiger partial charge in [-0.25, -0.2) is 0 Å². The highest BCUT2D eigenvalue weighted by Crippen LogP contribution is 2.47. The summed E-state index contributed by atoms with van der Waals surface area (Å²) in [6.45, 7) is 5.40. The fraction of sp³-hybridized carbons (Fsp3) is 0.321. The van der Waals surface area contributed by atoms with E-state index in [1.54, 1.807) is 27.0 Å². The summed E-state index contributed by atoms with van der Waals surface area (Å²) in [6.07, 6.45) is 5.56. The zero-order chi connectivity index (χ0) is 25.0.